The number of nitrogens with one attached hydrogen (secondary N) is 1. The van der Waals surface area contributed by atoms with Crippen molar-refractivity contribution in [2.24, 2.45) is 17.1 Å². The molecule has 2 aliphatic heterocycles. The van der Waals surface area contributed by atoms with E-state index in [-0.39, 0.29) is 50.5 Å². The number of nitrogens with zero attached hydrogens (tertiary/aromatic N) is 6. The Hall–Kier alpha value is -3.38. The van der Waals surface area contributed by atoms with Gasteiger partial charge in [0, 0.05) is 60.9 Å². The lowest BCUT2D eigenvalue weighted by Crippen LogP contribution is -2.54. The number of ether oxygens (including phenoxy) is 2. The molecule has 0 aromatic carbocycles. The minimum Gasteiger partial charge on any atom is -0.463 e. The van der Waals surface area contributed by atoms with E-state index >= 15 is 8.78 Å². The Morgan fingerprint density at radius 2 is 2.02 bits per heavy atom. The maximum atomic E-state index is 16.7. The quantitative estimate of drug-likeness (QED) is 0.359. The summed E-state index contributed by atoms with van der Waals surface area (Å²) in [5.41, 5.74) is 5.21. The molecule has 10 nitrogen and oxygen atoms in total. The van der Waals surface area contributed by atoms with Crippen LogP contribution in [-0.2, 0) is 4.74 Å². The summed E-state index contributed by atoms with van der Waals surface area (Å²) in [6.07, 6.45) is 7.42. The molecule has 2 aromatic rings. The first-order chi connectivity index (χ1) is 22.5. The number of fused-ring (bicyclic) bond motifs is 2. The number of rotatable bonds is 10. The first kappa shape index (κ1) is 32.2. The molecule has 0 amide bonds. The molecule has 0 spiro atoms. The molecule has 1 saturated heterocycles. The van der Waals surface area contributed by atoms with Crippen molar-refractivity contribution in [1.29, 1.82) is 5.26 Å². The van der Waals surface area contributed by atoms with E-state index in [4.69, 9.17) is 15.2 Å². The first-order valence-corrected chi connectivity index (χ1v) is 17.0. The van der Waals surface area contributed by atoms with E-state index in [1.165, 1.54) is 6.20 Å². The van der Waals surface area contributed by atoms with Crippen LogP contribution in [0.3, 0.4) is 0 Å². The van der Waals surface area contributed by atoms with Crippen molar-refractivity contribution in [2.45, 2.75) is 55.9 Å². The van der Waals surface area contributed by atoms with Crippen molar-refractivity contribution >= 4 is 34.1 Å². The number of nitrogens with two attached hydrogens (primary N) is 1. The number of morpholine rings is 1. The van der Waals surface area contributed by atoms with E-state index in [1.54, 1.807) is 0 Å². The smallest absolute Gasteiger partial charge is 0.319 e. The minimum atomic E-state index is -1.12. The molecule has 2 saturated carbocycles. The molecule has 14 heteroatoms. The molecule has 2 aromatic heterocycles. The van der Waals surface area contributed by atoms with Gasteiger partial charge >= 0.3 is 6.01 Å². The Balaban J connectivity index is 1.25. The molecule has 3 fully saturated rings. The van der Waals surface area contributed by atoms with Crippen LogP contribution < -0.4 is 15.8 Å². The van der Waals surface area contributed by atoms with Crippen LogP contribution >= 0.6 is 11.8 Å². The summed E-state index contributed by atoms with van der Waals surface area (Å²) in [5, 5.41) is 12.6. The average molecular weight is 669 g/mol. The number of allylic oxidation sites excluding steroid dienone is 4. The van der Waals surface area contributed by atoms with Crippen LogP contribution in [0.1, 0.15) is 44.7 Å². The van der Waals surface area contributed by atoms with E-state index in [0.29, 0.717) is 37.0 Å². The molecule has 0 bridgehead atoms. The van der Waals surface area contributed by atoms with Gasteiger partial charge in [0.25, 0.3) is 0 Å². The van der Waals surface area contributed by atoms with E-state index in [1.807, 2.05) is 20.2 Å². The Morgan fingerprint density at radius 3 is 2.68 bits per heavy atom. The molecule has 5 aliphatic rings. The highest BCUT2D eigenvalue weighted by Crippen LogP contribution is 2.53. The average Bonchev–Trinajstić information content (AvgIpc) is 3.68. The number of hydrogen-bond donors (Lipinski definition) is 2. The molecule has 7 rings (SSSR count). The summed E-state index contributed by atoms with van der Waals surface area (Å²) in [4.78, 5) is 18.1. The van der Waals surface area contributed by atoms with Gasteiger partial charge < -0.3 is 25.4 Å². The van der Waals surface area contributed by atoms with Gasteiger partial charge in [-0.3, -0.25) is 9.88 Å². The number of thioether (sulfide) groups is 1. The minimum absolute atomic E-state index is 0.00497. The van der Waals surface area contributed by atoms with Crippen LogP contribution in [0.5, 0.6) is 6.01 Å². The molecule has 3 aliphatic carbocycles. The second-order valence-corrected chi connectivity index (χ2v) is 14.9. The molecule has 250 valence electrons. The highest BCUT2D eigenvalue weighted by molar-refractivity contribution is 8.04. The number of pyridine rings is 1. The van der Waals surface area contributed by atoms with Crippen LogP contribution in [0.4, 0.5) is 19.0 Å². The largest absolute Gasteiger partial charge is 0.463 e. The van der Waals surface area contributed by atoms with Gasteiger partial charge in [-0.1, -0.05) is 11.8 Å². The van der Waals surface area contributed by atoms with Crippen molar-refractivity contribution < 1.29 is 22.6 Å². The Labute approximate surface area is 276 Å². The van der Waals surface area contributed by atoms with Crippen molar-refractivity contribution in [3.8, 4) is 12.1 Å². The summed E-state index contributed by atoms with van der Waals surface area (Å²) in [7, 11) is 4.08. The number of halogens is 3. The van der Waals surface area contributed by atoms with Crippen LogP contribution in [0, 0.1) is 28.5 Å². The number of aromatic nitrogens is 3. The van der Waals surface area contributed by atoms with Crippen molar-refractivity contribution in [2.75, 3.05) is 58.8 Å². The van der Waals surface area contributed by atoms with Crippen LogP contribution in [0.15, 0.2) is 34.5 Å². The summed E-state index contributed by atoms with van der Waals surface area (Å²) in [6, 6.07) is 1.97. The van der Waals surface area contributed by atoms with Gasteiger partial charge in [-0.25, -0.2) is 13.2 Å². The topological polar surface area (TPSA) is 125 Å². The zero-order chi connectivity index (χ0) is 33.1. The lowest BCUT2D eigenvalue weighted by Gasteiger charge is -2.47. The van der Waals surface area contributed by atoms with Gasteiger partial charge in [-0.2, -0.15) is 15.2 Å². The van der Waals surface area contributed by atoms with E-state index in [9.17, 15) is 9.65 Å². The number of nitriles is 1. The highest BCUT2D eigenvalue weighted by Gasteiger charge is 2.47. The fraction of sp³-hybridized carbons (Fsp3) is 0.576. The predicted molar refractivity (Wildman–Crippen MR) is 174 cm³/mol. The van der Waals surface area contributed by atoms with Gasteiger partial charge in [-0.05, 0) is 53.1 Å². The van der Waals surface area contributed by atoms with E-state index in [2.05, 4.69) is 37.0 Å². The fourth-order valence-electron chi connectivity index (χ4n) is 7.19. The molecule has 2 unspecified atom stereocenters. The van der Waals surface area contributed by atoms with Crippen molar-refractivity contribution in [3.05, 3.63) is 46.0 Å². The van der Waals surface area contributed by atoms with Gasteiger partial charge in [0.2, 0.25) is 0 Å². The predicted octanol–water partition coefficient (Wildman–Crippen LogP) is 4.91. The lowest BCUT2D eigenvalue weighted by atomic mass is 9.75. The highest BCUT2D eigenvalue weighted by atomic mass is 32.2. The summed E-state index contributed by atoms with van der Waals surface area (Å²) in [5.74, 6) is -3.44. The molecular formula is C33H39F3N8O2S. The number of anilines is 1. The molecular weight excluding hydrogens is 629 g/mol. The monoisotopic (exact) mass is 668 g/mol. The molecule has 4 heterocycles. The summed E-state index contributed by atoms with van der Waals surface area (Å²) >= 11 is 0.922. The maximum Gasteiger partial charge on any atom is 0.319 e. The molecule has 47 heavy (non-hydrogen) atoms. The third-order valence-corrected chi connectivity index (χ3v) is 11.7. The molecule has 0 radical (unpaired) electrons. The Morgan fingerprint density at radius 1 is 1.23 bits per heavy atom. The Kier molecular flexibility index (Phi) is 8.39. The van der Waals surface area contributed by atoms with E-state index < -0.39 is 28.6 Å². The van der Waals surface area contributed by atoms with Gasteiger partial charge in [0.05, 0.1) is 46.6 Å². The van der Waals surface area contributed by atoms with Gasteiger partial charge in [-0.15, -0.1) is 0 Å². The second-order valence-electron chi connectivity index (χ2n) is 13.8. The fourth-order valence-corrected chi connectivity index (χ4v) is 8.35. The zero-order valence-corrected chi connectivity index (χ0v) is 27.6. The number of likely N-dealkylation sites (N-methyl/N-ethyl adjacent to an activating group) is 1. The summed E-state index contributed by atoms with van der Waals surface area (Å²) in [6.45, 7) is 6.28. The maximum absolute atomic E-state index is 16.7. The standard InChI is InChI=1S/C33H39F3N8O2S/c1-18-14-44(9-10-45-18)16-32(7-8-32)17-46-31-41-26-20(30(42-31)40-15-33(43(2)3)5-4-6-33)13-39-27(25(26)36)24-21(34)11-22(35)28-23(24)19(12-37)29(38)47-28/h11,13,18,23,28H,4-10,14-17,38H2,1-3H3,(H,40,41,42)/t18-,23?,28?/m1/s1. The zero-order valence-electron chi connectivity index (χ0n) is 26.8. The van der Waals surface area contributed by atoms with E-state index in [0.717, 1.165) is 63.5 Å². The first-order valence-electron chi connectivity index (χ1n) is 16.1. The molecule has 3 N–H and O–H groups in total. The normalized spacial score (nSPS) is 26.6. The van der Waals surface area contributed by atoms with Crippen LogP contribution in [0.2, 0.25) is 0 Å². The third kappa shape index (κ3) is 5.85. The van der Waals surface area contributed by atoms with Gasteiger partial charge in [0.15, 0.2) is 5.82 Å². The Bertz CT molecular complexity index is 1730. The lowest BCUT2D eigenvalue weighted by molar-refractivity contribution is -0.0273. The van der Waals surface area contributed by atoms with Crippen LogP contribution in [0.25, 0.3) is 16.5 Å². The molecule has 3 atom stereocenters. The van der Waals surface area contributed by atoms with Crippen molar-refractivity contribution in [3.63, 3.8) is 0 Å². The SMILES string of the molecule is C[C@@H]1CN(CC2(COc3nc(NCC4(N(C)C)CCC4)c4cnc(C5=C(F)C=C(F)C6SC(N)=C(C#N)C56)c(F)c4n3)CC2)CCO1. The second kappa shape index (κ2) is 12.3. The van der Waals surface area contributed by atoms with Crippen LogP contribution in [-0.4, -0.2) is 95.1 Å². The van der Waals surface area contributed by atoms with Crippen molar-refractivity contribution in [1.82, 2.24) is 24.8 Å². The number of hydrogen-bond acceptors (Lipinski definition) is 11. The third-order valence-electron chi connectivity index (χ3n) is 10.4. The summed E-state index contributed by atoms with van der Waals surface area (Å²) < 4.78 is 59.0. The van der Waals surface area contributed by atoms with Gasteiger partial charge in [0.1, 0.15) is 28.7 Å².